The lowest BCUT2D eigenvalue weighted by Crippen LogP contribution is -2.16. The van der Waals surface area contributed by atoms with Crippen LogP contribution in [0.2, 0.25) is 0 Å². The van der Waals surface area contributed by atoms with Gasteiger partial charge in [-0.25, -0.2) is 0 Å². The van der Waals surface area contributed by atoms with E-state index in [0.29, 0.717) is 0 Å². The third kappa shape index (κ3) is 3.60. The lowest BCUT2D eigenvalue weighted by atomic mass is 10.1. The number of rotatable bonds is 3. The van der Waals surface area contributed by atoms with Crippen LogP contribution < -0.4 is 0 Å². The molecule has 0 fully saturated rings. The van der Waals surface area contributed by atoms with Crippen LogP contribution >= 0.6 is 22.6 Å². The fourth-order valence-electron chi connectivity index (χ4n) is 1.05. The molecule has 1 N–H and O–H groups in total. The SMILES string of the molecule is CC(ON(C)O)c1cccc(I)c1. The maximum atomic E-state index is 8.86. The number of hydroxylamine groups is 2. The van der Waals surface area contributed by atoms with Crippen molar-refractivity contribution in [2.24, 2.45) is 0 Å². The van der Waals surface area contributed by atoms with Gasteiger partial charge in [0.2, 0.25) is 0 Å². The molecule has 13 heavy (non-hydrogen) atoms. The average molecular weight is 293 g/mol. The second-order valence-electron chi connectivity index (χ2n) is 2.77. The molecule has 0 bridgehead atoms. The first-order chi connectivity index (χ1) is 6.09. The van der Waals surface area contributed by atoms with E-state index in [1.165, 1.54) is 7.05 Å². The summed E-state index contributed by atoms with van der Waals surface area (Å²) in [5.41, 5.74) is 1.05. The fraction of sp³-hybridized carbons (Fsp3) is 0.333. The molecule has 0 saturated carbocycles. The number of hydrogen-bond acceptors (Lipinski definition) is 3. The van der Waals surface area contributed by atoms with E-state index in [9.17, 15) is 0 Å². The number of benzene rings is 1. The highest BCUT2D eigenvalue weighted by molar-refractivity contribution is 14.1. The van der Waals surface area contributed by atoms with Crippen LogP contribution in [0.15, 0.2) is 24.3 Å². The van der Waals surface area contributed by atoms with Crippen LogP contribution in [0.5, 0.6) is 0 Å². The molecule has 72 valence electrons. The van der Waals surface area contributed by atoms with Gasteiger partial charge in [-0.1, -0.05) is 17.4 Å². The van der Waals surface area contributed by atoms with Crippen LogP contribution in [0.1, 0.15) is 18.6 Å². The first kappa shape index (κ1) is 10.9. The maximum Gasteiger partial charge on any atom is 0.104 e. The predicted molar refractivity (Wildman–Crippen MR) is 58.2 cm³/mol. The van der Waals surface area contributed by atoms with E-state index < -0.39 is 0 Å². The molecule has 0 saturated heterocycles. The Labute approximate surface area is 91.4 Å². The Kier molecular flexibility index (Phi) is 4.11. The van der Waals surface area contributed by atoms with Gasteiger partial charge < -0.3 is 0 Å². The van der Waals surface area contributed by atoms with E-state index in [4.69, 9.17) is 10.0 Å². The van der Waals surface area contributed by atoms with Crippen molar-refractivity contribution in [2.45, 2.75) is 13.0 Å². The van der Waals surface area contributed by atoms with Crippen molar-refractivity contribution in [3.8, 4) is 0 Å². The Morgan fingerprint density at radius 1 is 1.54 bits per heavy atom. The minimum Gasteiger partial charge on any atom is -0.290 e. The highest BCUT2D eigenvalue weighted by atomic mass is 127. The summed E-state index contributed by atoms with van der Waals surface area (Å²) in [4.78, 5) is 5.08. The Balaban J connectivity index is 2.71. The molecule has 1 rings (SSSR count). The highest BCUT2D eigenvalue weighted by Crippen LogP contribution is 2.18. The zero-order valence-electron chi connectivity index (χ0n) is 7.57. The molecule has 0 aliphatic heterocycles. The molecular formula is C9H12INO2. The van der Waals surface area contributed by atoms with Crippen molar-refractivity contribution in [1.29, 1.82) is 0 Å². The summed E-state index contributed by atoms with van der Waals surface area (Å²) >= 11 is 2.24. The van der Waals surface area contributed by atoms with E-state index in [-0.39, 0.29) is 6.10 Å². The third-order valence-corrected chi connectivity index (χ3v) is 2.30. The van der Waals surface area contributed by atoms with Crippen molar-refractivity contribution >= 4 is 22.6 Å². The minimum absolute atomic E-state index is 0.135. The van der Waals surface area contributed by atoms with Gasteiger partial charge in [0.15, 0.2) is 0 Å². The molecule has 0 aromatic heterocycles. The maximum absolute atomic E-state index is 8.86. The molecule has 0 radical (unpaired) electrons. The normalized spacial score (nSPS) is 13.3. The summed E-state index contributed by atoms with van der Waals surface area (Å²) < 4.78 is 1.16. The van der Waals surface area contributed by atoms with Crippen molar-refractivity contribution in [1.82, 2.24) is 5.23 Å². The van der Waals surface area contributed by atoms with Crippen molar-refractivity contribution in [2.75, 3.05) is 7.05 Å². The topological polar surface area (TPSA) is 32.7 Å². The number of nitrogens with zero attached hydrogens (tertiary/aromatic N) is 1. The molecule has 0 heterocycles. The zero-order chi connectivity index (χ0) is 9.84. The monoisotopic (exact) mass is 293 g/mol. The van der Waals surface area contributed by atoms with E-state index in [1.807, 2.05) is 31.2 Å². The Morgan fingerprint density at radius 3 is 2.77 bits per heavy atom. The molecule has 1 aromatic carbocycles. The quantitative estimate of drug-likeness (QED) is 0.687. The van der Waals surface area contributed by atoms with Gasteiger partial charge in [0, 0.05) is 10.6 Å². The highest BCUT2D eigenvalue weighted by Gasteiger charge is 2.07. The van der Waals surface area contributed by atoms with Crippen LogP contribution in [-0.4, -0.2) is 17.5 Å². The van der Waals surface area contributed by atoms with Gasteiger partial charge in [-0.05, 0) is 47.2 Å². The van der Waals surface area contributed by atoms with Gasteiger partial charge in [-0.15, -0.1) is 0 Å². The fourth-order valence-corrected chi connectivity index (χ4v) is 1.62. The van der Waals surface area contributed by atoms with E-state index >= 15 is 0 Å². The van der Waals surface area contributed by atoms with Crippen LogP contribution in [0.4, 0.5) is 0 Å². The van der Waals surface area contributed by atoms with Gasteiger partial charge in [-0.2, -0.15) is 0 Å². The summed E-state index contributed by atoms with van der Waals surface area (Å²) in [7, 11) is 1.45. The molecule has 0 aliphatic carbocycles. The van der Waals surface area contributed by atoms with Gasteiger partial charge >= 0.3 is 0 Å². The van der Waals surface area contributed by atoms with Crippen molar-refractivity contribution in [3.05, 3.63) is 33.4 Å². The molecule has 0 amide bonds. The lowest BCUT2D eigenvalue weighted by molar-refractivity contribution is -0.344. The summed E-state index contributed by atoms with van der Waals surface area (Å²) in [5.74, 6) is 0. The minimum atomic E-state index is -0.135. The smallest absolute Gasteiger partial charge is 0.104 e. The Hall–Kier alpha value is -0.170. The first-order valence-electron chi connectivity index (χ1n) is 3.94. The van der Waals surface area contributed by atoms with Crippen LogP contribution in [-0.2, 0) is 4.84 Å². The lowest BCUT2D eigenvalue weighted by Gasteiger charge is -2.16. The molecule has 1 atom stereocenters. The van der Waals surface area contributed by atoms with Gasteiger partial charge in [0.25, 0.3) is 0 Å². The van der Waals surface area contributed by atoms with Gasteiger partial charge in [0.05, 0.1) is 0 Å². The largest absolute Gasteiger partial charge is 0.290 e. The second kappa shape index (κ2) is 4.90. The molecule has 0 aliphatic rings. The van der Waals surface area contributed by atoms with Crippen molar-refractivity contribution < 1.29 is 10.0 Å². The Bertz CT molecular complexity index is 278. The van der Waals surface area contributed by atoms with Gasteiger partial charge in [0.1, 0.15) is 6.10 Å². The average Bonchev–Trinajstić information content (AvgIpc) is 2.03. The second-order valence-corrected chi connectivity index (χ2v) is 4.01. The summed E-state index contributed by atoms with van der Waals surface area (Å²) in [6.45, 7) is 1.89. The molecular weight excluding hydrogens is 281 g/mol. The number of halogens is 1. The van der Waals surface area contributed by atoms with Crippen LogP contribution in [0.3, 0.4) is 0 Å². The predicted octanol–water partition coefficient (Wildman–Crippen LogP) is 2.60. The zero-order valence-corrected chi connectivity index (χ0v) is 9.72. The molecule has 1 unspecified atom stereocenters. The summed E-state index contributed by atoms with van der Waals surface area (Å²) in [6, 6.07) is 7.97. The molecule has 3 nitrogen and oxygen atoms in total. The molecule has 0 spiro atoms. The first-order valence-corrected chi connectivity index (χ1v) is 5.02. The van der Waals surface area contributed by atoms with E-state index in [1.54, 1.807) is 0 Å². The van der Waals surface area contributed by atoms with Crippen LogP contribution in [0, 0.1) is 3.57 Å². The summed E-state index contributed by atoms with van der Waals surface area (Å²) in [6.07, 6.45) is -0.135. The van der Waals surface area contributed by atoms with Crippen molar-refractivity contribution in [3.63, 3.8) is 0 Å². The molecule has 4 heteroatoms. The Morgan fingerprint density at radius 2 is 2.23 bits per heavy atom. The molecule has 1 aromatic rings. The van der Waals surface area contributed by atoms with E-state index in [0.717, 1.165) is 14.4 Å². The van der Waals surface area contributed by atoms with Gasteiger partial charge in [-0.3, -0.25) is 10.0 Å². The third-order valence-electron chi connectivity index (χ3n) is 1.63. The summed E-state index contributed by atoms with van der Waals surface area (Å²) in [5, 5.41) is 9.59. The number of hydrogen-bond donors (Lipinski definition) is 1. The standard InChI is InChI=1S/C9H12INO2/c1-7(13-11(2)12)8-4-3-5-9(10)6-8/h3-7,12H,1-2H3. The van der Waals surface area contributed by atoms with E-state index in [2.05, 4.69) is 22.6 Å². The van der Waals surface area contributed by atoms with Crippen LogP contribution in [0.25, 0.3) is 0 Å².